The molecule has 1 saturated heterocycles. The van der Waals surface area contributed by atoms with Crippen LogP contribution in [-0.2, 0) is 14.8 Å². The third-order valence-corrected chi connectivity index (χ3v) is 8.11. The SMILES string of the molecule is Cc1cccc(N2CCN(CCCNC(=O)C(C)NS(=O)(=O)c3cccs3)CC2)c1. The molecule has 9 heteroatoms. The number of piperazine rings is 1. The van der Waals surface area contributed by atoms with Gasteiger partial charge >= 0.3 is 0 Å². The van der Waals surface area contributed by atoms with E-state index in [9.17, 15) is 13.2 Å². The van der Waals surface area contributed by atoms with E-state index in [0.29, 0.717) is 6.54 Å². The molecule has 0 spiro atoms. The van der Waals surface area contributed by atoms with Crippen molar-refractivity contribution in [1.82, 2.24) is 14.9 Å². The van der Waals surface area contributed by atoms with Gasteiger partial charge in [-0.15, -0.1) is 11.3 Å². The number of anilines is 1. The standard InChI is InChI=1S/C21H30N4O3S2/c1-17-6-3-7-19(16-17)25-13-11-24(12-14-25)10-5-9-22-21(26)18(2)23-30(27,28)20-8-4-15-29-20/h3-4,6-8,15-16,18,23H,5,9-14H2,1-2H3,(H,22,26). The molecule has 30 heavy (non-hydrogen) atoms. The minimum absolute atomic E-state index is 0.215. The van der Waals surface area contributed by atoms with Crippen LogP contribution >= 0.6 is 11.3 Å². The predicted octanol–water partition coefficient (Wildman–Crippen LogP) is 2.05. The number of sulfonamides is 1. The molecule has 0 saturated carbocycles. The van der Waals surface area contributed by atoms with Crippen LogP contribution in [0.15, 0.2) is 46.0 Å². The van der Waals surface area contributed by atoms with Gasteiger partial charge in [0.2, 0.25) is 5.91 Å². The zero-order valence-electron chi connectivity index (χ0n) is 17.5. The summed E-state index contributed by atoms with van der Waals surface area (Å²) in [5, 5.41) is 4.53. The maximum Gasteiger partial charge on any atom is 0.250 e. The molecule has 0 aliphatic carbocycles. The number of carbonyl (C=O) groups excluding carboxylic acids is 1. The Balaban J connectivity index is 1.34. The fourth-order valence-corrected chi connectivity index (χ4v) is 5.69. The van der Waals surface area contributed by atoms with Gasteiger partial charge in [0.05, 0.1) is 6.04 Å². The number of hydrogen-bond acceptors (Lipinski definition) is 6. The Morgan fingerprint density at radius 1 is 1.17 bits per heavy atom. The van der Waals surface area contributed by atoms with Gasteiger partial charge in [0.1, 0.15) is 4.21 Å². The molecule has 1 aliphatic rings. The summed E-state index contributed by atoms with van der Waals surface area (Å²) in [7, 11) is -3.65. The molecule has 164 valence electrons. The lowest BCUT2D eigenvalue weighted by Gasteiger charge is -2.36. The smallest absolute Gasteiger partial charge is 0.250 e. The van der Waals surface area contributed by atoms with Gasteiger partial charge in [-0.3, -0.25) is 9.69 Å². The van der Waals surface area contributed by atoms with Crippen LogP contribution in [-0.4, -0.2) is 64.5 Å². The van der Waals surface area contributed by atoms with Gasteiger partial charge in [0.25, 0.3) is 10.0 Å². The predicted molar refractivity (Wildman–Crippen MR) is 122 cm³/mol. The number of thiophene rings is 1. The molecule has 1 unspecified atom stereocenters. The van der Waals surface area contributed by atoms with Gasteiger partial charge in [0.15, 0.2) is 0 Å². The molecule has 1 aliphatic heterocycles. The topological polar surface area (TPSA) is 81.8 Å². The second kappa shape index (κ2) is 10.4. The summed E-state index contributed by atoms with van der Waals surface area (Å²) < 4.78 is 27.0. The minimum atomic E-state index is -3.65. The van der Waals surface area contributed by atoms with Gasteiger partial charge in [-0.25, -0.2) is 8.42 Å². The fraction of sp³-hybridized carbons (Fsp3) is 0.476. The van der Waals surface area contributed by atoms with Crippen LogP contribution < -0.4 is 14.9 Å². The summed E-state index contributed by atoms with van der Waals surface area (Å²) in [6, 6.07) is 11.0. The normalized spacial score (nSPS) is 16.4. The maximum absolute atomic E-state index is 12.2. The molecular formula is C21H30N4O3S2. The second-order valence-electron chi connectivity index (χ2n) is 7.59. The second-order valence-corrected chi connectivity index (χ2v) is 10.5. The first-order valence-electron chi connectivity index (χ1n) is 10.2. The average Bonchev–Trinajstić information content (AvgIpc) is 3.27. The molecule has 1 atom stereocenters. The van der Waals surface area contributed by atoms with E-state index in [1.807, 2.05) is 0 Å². The fourth-order valence-electron chi connectivity index (χ4n) is 3.48. The lowest BCUT2D eigenvalue weighted by Crippen LogP contribution is -2.47. The highest BCUT2D eigenvalue weighted by atomic mass is 32.2. The van der Waals surface area contributed by atoms with Crippen molar-refractivity contribution in [3.05, 3.63) is 47.3 Å². The van der Waals surface area contributed by atoms with Gasteiger partial charge in [-0.2, -0.15) is 4.72 Å². The largest absolute Gasteiger partial charge is 0.369 e. The van der Waals surface area contributed by atoms with Crippen LogP contribution in [0.2, 0.25) is 0 Å². The lowest BCUT2D eigenvalue weighted by atomic mass is 10.2. The van der Waals surface area contributed by atoms with Crippen molar-refractivity contribution < 1.29 is 13.2 Å². The third kappa shape index (κ3) is 6.28. The Bertz CT molecular complexity index is 923. The number of amides is 1. The Hall–Kier alpha value is -1.94. The summed E-state index contributed by atoms with van der Waals surface area (Å²) in [6.07, 6.45) is 0.834. The summed E-state index contributed by atoms with van der Waals surface area (Å²) in [5.74, 6) is -0.306. The van der Waals surface area contributed by atoms with Crippen LogP contribution in [0.5, 0.6) is 0 Å². The van der Waals surface area contributed by atoms with E-state index < -0.39 is 16.1 Å². The monoisotopic (exact) mass is 450 g/mol. The first kappa shape index (κ1) is 22.7. The van der Waals surface area contributed by atoms with Gasteiger partial charge in [0, 0.05) is 38.4 Å². The molecule has 0 bridgehead atoms. The highest BCUT2D eigenvalue weighted by molar-refractivity contribution is 7.91. The molecule has 7 nitrogen and oxygen atoms in total. The van der Waals surface area contributed by atoms with Crippen molar-refractivity contribution in [3.8, 4) is 0 Å². The molecule has 0 radical (unpaired) electrons. The molecule has 1 aromatic heterocycles. The highest BCUT2D eigenvalue weighted by Gasteiger charge is 2.22. The average molecular weight is 451 g/mol. The lowest BCUT2D eigenvalue weighted by molar-refractivity contribution is -0.122. The Kier molecular flexibility index (Phi) is 7.87. The third-order valence-electron chi connectivity index (χ3n) is 5.17. The maximum atomic E-state index is 12.2. The quantitative estimate of drug-likeness (QED) is 0.572. The van der Waals surface area contributed by atoms with Crippen LogP contribution in [0.1, 0.15) is 18.9 Å². The van der Waals surface area contributed by atoms with Crippen molar-refractivity contribution >= 4 is 33.0 Å². The molecule has 1 amide bonds. The van der Waals surface area contributed by atoms with Crippen molar-refractivity contribution in [2.75, 3.05) is 44.2 Å². The Labute approximate surface area is 183 Å². The molecular weight excluding hydrogens is 420 g/mol. The summed E-state index contributed by atoms with van der Waals surface area (Å²) in [6.45, 7) is 9.11. The molecule has 2 aromatic rings. The van der Waals surface area contributed by atoms with E-state index in [-0.39, 0.29) is 10.1 Å². The molecule has 2 N–H and O–H groups in total. The molecule has 1 fully saturated rings. The zero-order chi connectivity index (χ0) is 21.6. The van der Waals surface area contributed by atoms with E-state index in [1.165, 1.54) is 17.3 Å². The number of nitrogens with one attached hydrogen (secondary N) is 2. The van der Waals surface area contributed by atoms with Gasteiger partial charge in [-0.1, -0.05) is 18.2 Å². The van der Waals surface area contributed by atoms with Crippen molar-refractivity contribution in [1.29, 1.82) is 0 Å². The number of hydrogen-bond donors (Lipinski definition) is 2. The number of rotatable bonds is 9. The van der Waals surface area contributed by atoms with Gasteiger partial charge in [-0.05, 0) is 56.0 Å². The number of benzene rings is 1. The van der Waals surface area contributed by atoms with Crippen molar-refractivity contribution in [3.63, 3.8) is 0 Å². The summed E-state index contributed by atoms with van der Waals surface area (Å²) in [5.41, 5.74) is 2.55. The number of carbonyl (C=O) groups is 1. The van der Waals surface area contributed by atoms with E-state index >= 15 is 0 Å². The summed E-state index contributed by atoms with van der Waals surface area (Å²) >= 11 is 1.13. The van der Waals surface area contributed by atoms with Crippen LogP contribution in [0.3, 0.4) is 0 Å². The Morgan fingerprint density at radius 2 is 1.93 bits per heavy atom. The van der Waals surface area contributed by atoms with Gasteiger partial charge < -0.3 is 10.2 Å². The van der Waals surface area contributed by atoms with E-state index in [0.717, 1.165) is 50.5 Å². The van der Waals surface area contributed by atoms with E-state index in [2.05, 4.69) is 51.0 Å². The first-order valence-corrected chi connectivity index (χ1v) is 12.6. The zero-order valence-corrected chi connectivity index (χ0v) is 19.1. The highest BCUT2D eigenvalue weighted by Crippen LogP contribution is 2.18. The number of nitrogens with zero attached hydrogens (tertiary/aromatic N) is 2. The van der Waals surface area contributed by atoms with Crippen molar-refractivity contribution in [2.45, 2.75) is 30.5 Å². The minimum Gasteiger partial charge on any atom is -0.369 e. The van der Waals surface area contributed by atoms with Crippen LogP contribution in [0.4, 0.5) is 5.69 Å². The van der Waals surface area contributed by atoms with E-state index in [4.69, 9.17) is 0 Å². The number of aryl methyl sites for hydroxylation is 1. The Morgan fingerprint density at radius 3 is 2.60 bits per heavy atom. The van der Waals surface area contributed by atoms with E-state index in [1.54, 1.807) is 18.4 Å². The van der Waals surface area contributed by atoms with Crippen LogP contribution in [0.25, 0.3) is 0 Å². The molecule has 3 rings (SSSR count). The van der Waals surface area contributed by atoms with Crippen molar-refractivity contribution in [2.24, 2.45) is 0 Å². The summed E-state index contributed by atoms with van der Waals surface area (Å²) in [4.78, 5) is 17.0. The molecule has 2 heterocycles. The molecule has 1 aromatic carbocycles. The van der Waals surface area contributed by atoms with Crippen LogP contribution in [0, 0.1) is 6.92 Å². The first-order chi connectivity index (χ1) is 14.3.